The molecule has 20 heavy (non-hydrogen) atoms. The van der Waals surface area contributed by atoms with E-state index in [1.807, 2.05) is 13.8 Å². The molecule has 1 heterocycles. The summed E-state index contributed by atoms with van der Waals surface area (Å²) in [6, 6.07) is 5.11. The summed E-state index contributed by atoms with van der Waals surface area (Å²) < 4.78 is 27.1. The molecule has 0 saturated carbocycles. The first kappa shape index (κ1) is 17.7. The first-order valence-electron chi connectivity index (χ1n) is 6.34. The summed E-state index contributed by atoms with van der Waals surface area (Å²) in [5.41, 5.74) is 0.613. The molecule has 1 N–H and O–H groups in total. The van der Waals surface area contributed by atoms with Gasteiger partial charge in [-0.1, -0.05) is 17.7 Å². The van der Waals surface area contributed by atoms with E-state index in [9.17, 15) is 8.42 Å². The minimum atomic E-state index is -3.49. The van der Waals surface area contributed by atoms with Gasteiger partial charge in [-0.05, 0) is 38.5 Å². The van der Waals surface area contributed by atoms with Gasteiger partial charge in [0, 0.05) is 30.2 Å². The van der Waals surface area contributed by atoms with Crippen molar-refractivity contribution in [1.29, 1.82) is 0 Å². The molecule has 1 aliphatic heterocycles. The lowest BCUT2D eigenvalue weighted by molar-refractivity contribution is 0.244. The zero-order valence-electron chi connectivity index (χ0n) is 11.8. The third-order valence-corrected chi connectivity index (χ3v) is 6.05. The molecule has 7 heteroatoms. The SMILES string of the molecule is Cc1c(Cl)cccc1S(=O)(=O)N1CC(C)NCC1C.Cl. The van der Waals surface area contributed by atoms with E-state index in [2.05, 4.69) is 5.32 Å². The zero-order valence-corrected chi connectivity index (χ0v) is 14.1. The molecule has 0 aliphatic carbocycles. The van der Waals surface area contributed by atoms with Gasteiger partial charge in [0.05, 0.1) is 4.90 Å². The Balaban J connectivity index is 0.00000200. The van der Waals surface area contributed by atoms with E-state index in [0.717, 1.165) is 0 Å². The highest BCUT2D eigenvalue weighted by atomic mass is 35.5. The Hall–Kier alpha value is -0.330. The molecule has 114 valence electrons. The van der Waals surface area contributed by atoms with E-state index < -0.39 is 10.0 Å². The molecule has 1 aromatic rings. The van der Waals surface area contributed by atoms with Crippen LogP contribution in [-0.2, 0) is 10.0 Å². The maximum absolute atomic E-state index is 12.8. The van der Waals surface area contributed by atoms with E-state index in [1.54, 1.807) is 29.4 Å². The summed E-state index contributed by atoms with van der Waals surface area (Å²) in [5.74, 6) is 0. The Labute approximate surface area is 132 Å². The second-order valence-corrected chi connectivity index (χ2v) is 7.36. The molecule has 1 aliphatic rings. The Kier molecular flexibility index (Phi) is 5.87. The molecular formula is C13H20Cl2N2O2S. The van der Waals surface area contributed by atoms with Crippen molar-refractivity contribution < 1.29 is 8.42 Å². The smallest absolute Gasteiger partial charge is 0.243 e. The fourth-order valence-corrected chi connectivity index (χ4v) is 4.52. The predicted octanol–water partition coefficient (Wildman–Crippen LogP) is 2.44. The number of hydrogen-bond donors (Lipinski definition) is 1. The van der Waals surface area contributed by atoms with E-state index in [1.165, 1.54) is 0 Å². The molecule has 0 bridgehead atoms. The van der Waals surface area contributed by atoms with Crippen LogP contribution in [0.4, 0.5) is 0 Å². The fraction of sp³-hybridized carbons (Fsp3) is 0.538. The van der Waals surface area contributed by atoms with Crippen molar-refractivity contribution in [2.75, 3.05) is 13.1 Å². The Bertz CT molecular complexity index is 578. The normalized spacial score (nSPS) is 24.2. The number of nitrogens with one attached hydrogen (secondary N) is 1. The molecule has 0 amide bonds. The van der Waals surface area contributed by atoms with Crippen LogP contribution in [0.3, 0.4) is 0 Å². The lowest BCUT2D eigenvalue weighted by atomic mass is 10.2. The van der Waals surface area contributed by atoms with Crippen molar-refractivity contribution in [3.8, 4) is 0 Å². The van der Waals surface area contributed by atoms with Crippen LogP contribution in [-0.4, -0.2) is 37.9 Å². The quantitative estimate of drug-likeness (QED) is 0.900. The van der Waals surface area contributed by atoms with Gasteiger partial charge < -0.3 is 5.32 Å². The Morgan fingerprint density at radius 1 is 1.35 bits per heavy atom. The van der Waals surface area contributed by atoms with Crippen LogP contribution >= 0.6 is 24.0 Å². The number of hydrogen-bond acceptors (Lipinski definition) is 3. The van der Waals surface area contributed by atoms with Crippen LogP contribution in [0.15, 0.2) is 23.1 Å². The second-order valence-electron chi connectivity index (χ2n) is 5.10. The largest absolute Gasteiger partial charge is 0.311 e. The third-order valence-electron chi connectivity index (χ3n) is 3.51. The minimum Gasteiger partial charge on any atom is -0.311 e. The Morgan fingerprint density at radius 2 is 2.00 bits per heavy atom. The van der Waals surface area contributed by atoms with E-state index >= 15 is 0 Å². The highest BCUT2D eigenvalue weighted by molar-refractivity contribution is 7.89. The maximum Gasteiger partial charge on any atom is 0.243 e. The van der Waals surface area contributed by atoms with Crippen LogP contribution in [0, 0.1) is 6.92 Å². The average Bonchev–Trinajstić information content (AvgIpc) is 2.35. The first-order chi connectivity index (χ1) is 8.84. The average molecular weight is 339 g/mol. The van der Waals surface area contributed by atoms with E-state index in [0.29, 0.717) is 28.6 Å². The summed E-state index contributed by atoms with van der Waals surface area (Å²) in [7, 11) is -3.49. The van der Waals surface area contributed by atoms with Gasteiger partial charge in [-0.15, -0.1) is 12.4 Å². The number of piperazine rings is 1. The third kappa shape index (κ3) is 3.28. The highest BCUT2D eigenvalue weighted by Crippen LogP contribution is 2.27. The van der Waals surface area contributed by atoms with Gasteiger partial charge in [-0.2, -0.15) is 4.31 Å². The van der Waals surface area contributed by atoms with Crippen LogP contribution in [0.1, 0.15) is 19.4 Å². The number of benzene rings is 1. The first-order valence-corrected chi connectivity index (χ1v) is 8.16. The van der Waals surface area contributed by atoms with Gasteiger partial charge in [-0.25, -0.2) is 8.42 Å². The van der Waals surface area contributed by atoms with Crippen LogP contribution in [0.2, 0.25) is 5.02 Å². The summed E-state index contributed by atoms with van der Waals surface area (Å²) in [4.78, 5) is 0.306. The minimum absolute atomic E-state index is 0. The number of sulfonamides is 1. The van der Waals surface area contributed by atoms with Crippen molar-refractivity contribution in [1.82, 2.24) is 9.62 Å². The van der Waals surface area contributed by atoms with Crippen LogP contribution < -0.4 is 5.32 Å². The number of nitrogens with zero attached hydrogens (tertiary/aromatic N) is 1. The predicted molar refractivity (Wildman–Crippen MR) is 84.3 cm³/mol. The molecule has 4 nitrogen and oxygen atoms in total. The summed E-state index contributed by atoms with van der Waals surface area (Å²) >= 11 is 6.03. The monoisotopic (exact) mass is 338 g/mol. The van der Waals surface area contributed by atoms with E-state index in [4.69, 9.17) is 11.6 Å². The topological polar surface area (TPSA) is 49.4 Å². The maximum atomic E-state index is 12.8. The lowest BCUT2D eigenvalue weighted by Gasteiger charge is -2.36. The molecule has 1 aromatic carbocycles. The molecule has 2 unspecified atom stereocenters. The van der Waals surface area contributed by atoms with Gasteiger partial charge in [0.15, 0.2) is 0 Å². The number of rotatable bonds is 2. The van der Waals surface area contributed by atoms with Gasteiger partial charge in [0.25, 0.3) is 0 Å². The molecule has 0 radical (unpaired) electrons. The lowest BCUT2D eigenvalue weighted by Crippen LogP contribution is -2.56. The molecule has 0 aromatic heterocycles. The van der Waals surface area contributed by atoms with Gasteiger partial charge in [0.1, 0.15) is 0 Å². The molecule has 1 saturated heterocycles. The van der Waals surface area contributed by atoms with Gasteiger partial charge in [-0.3, -0.25) is 0 Å². The summed E-state index contributed by atoms with van der Waals surface area (Å²) in [6.07, 6.45) is 0. The molecule has 0 spiro atoms. The van der Waals surface area contributed by atoms with Crippen molar-refractivity contribution in [3.05, 3.63) is 28.8 Å². The van der Waals surface area contributed by atoms with Crippen LogP contribution in [0.25, 0.3) is 0 Å². The molecule has 2 atom stereocenters. The van der Waals surface area contributed by atoms with Crippen molar-refractivity contribution in [3.63, 3.8) is 0 Å². The molecule has 1 fully saturated rings. The Morgan fingerprint density at radius 3 is 2.65 bits per heavy atom. The van der Waals surface area contributed by atoms with Crippen molar-refractivity contribution >= 4 is 34.0 Å². The van der Waals surface area contributed by atoms with Crippen molar-refractivity contribution in [2.45, 2.75) is 37.8 Å². The zero-order chi connectivity index (χ0) is 14.2. The van der Waals surface area contributed by atoms with Crippen LogP contribution in [0.5, 0.6) is 0 Å². The number of halogens is 2. The summed E-state index contributed by atoms with van der Waals surface area (Å²) in [5, 5.41) is 3.76. The van der Waals surface area contributed by atoms with Crippen molar-refractivity contribution in [2.24, 2.45) is 0 Å². The fourth-order valence-electron chi connectivity index (χ4n) is 2.32. The molecular weight excluding hydrogens is 319 g/mol. The highest BCUT2D eigenvalue weighted by Gasteiger charge is 2.34. The summed E-state index contributed by atoms with van der Waals surface area (Å²) in [6.45, 7) is 6.79. The standard InChI is InChI=1S/C13H19ClN2O2S.ClH/c1-9-8-16(10(2)7-15-9)19(17,18)13-6-4-5-12(14)11(13)3;/h4-6,9-10,15H,7-8H2,1-3H3;1H. The molecule has 2 rings (SSSR count). The van der Waals surface area contributed by atoms with Gasteiger partial charge >= 0.3 is 0 Å². The van der Waals surface area contributed by atoms with E-state index in [-0.39, 0.29) is 24.5 Å². The second kappa shape index (κ2) is 6.62. The van der Waals surface area contributed by atoms with Gasteiger partial charge in [0.2, 0.25) is 10.0 Å².